The summed E-state index contributed by atoms with van der Waals surface area (Å²) >= 11 is 0. The van der Waals surface area contributed by atoms with E-state index in [0.717, 1.165) is 0 Å². The second-order valence-corrected chi connectivity index (χ2v) is 8.78. The molecule has 1 aliphatic heterocycles. The molecule has 0 saturated carbocycles. The molecular formula is C21H23N3O8S. The number of amides is 2. The van der Waals surface area contributed by atoms with Gasteiger partial charge in [0.25, 0.3) is 5.91 Å². The van der Waals surface area contributed by atoms with Gasteiger partial charge in [0, 0.05) is 24.4 Å². The first-order chi connectivity index (χ1) is 15.6. The Kier molecular flexibility index (Phi) is 7.51. The molecular weight excluding hydrogens is 454 g/mol. The Bertz CT molecular complexity index is 1150. The molecule has 176 valence electrons. The molecule has 1 atom stereocenters. The molecule has 3 N–H and O–H groups in total. The highest BCUT2D eigenvalue weighted by Gasteiger charge is 2.24. The van der Waals surface area contributed by atoms with Crippen LogP contribution >= 0.6 is 0 Å². The topological polar surface area (TPSA) is 149 Å². The first kappa shape index (κ1) is 24.0. The molecule has 33 heavy (non-hydrogen) atoms. The van der Waals surface area contributed by atoms with Crippen molar-refractivity contribution in [2.75, 3.05) is 30.5 Å². The van der Waals surface area contributed by atoms with E-state index < -0.39 is 34.5 Å². The molecule has 1 unspecified atom stereocenters. The van der Waals surface area contributed by atoms with Crippen molar-refractivity contribution in [3.05, 3.63) is 42.5 Å². The SMILES string of the molecule is CC(=O)Nc1ccc(S(=O)(=O)NC(C)C(=O)OCC(=O)Nc2ccc3c(c2)OCCO3)cc1. The Hall–Kier alpha value is -3.64. The first-order valence-electron chi connectivity index (χ1n) is 9.90. The summed E-state index contributed by atoms with van der Waals surface area (Å²) in [5, 5.41) is 5.08. The number of rotatable bonds is 8. The molecule has 2 amide bonds. The third-order valence-electron chi connectivity index (χ3n) is 4.34. The van der Waals surface area contributed by atoms with Crippen LogP contribution < -0.4 is 24.8 Å². The molecule has 1 aliphatic rings. The Balaban J connectivity index is 1.50. The third kappa shape index (κ3) is 6.67. The molecule has 1 heterocycles. The van der Waals surface area contributed by atoms with Gasteiger partial charge in [-0.15, -0.1) is 0 Å². The highest BCUT2D eigenvalue weighted by atomic mass is 32.2. The van der Waals surface area contributed by atoms with Crippen molar-refractivity contribution in [2.45, 2.75) is 24.8 Å². The number of nitrogens with one attached hydrogen (secondary N) is 3. The zero-order valence-electron chi connectivity index (χ0n) is 17.9. The zero-order chi connectivity index (χ0) is 24.0. The maximum absolute atomic E-state index is 12.5. The van der Waals surface area contributed by atoms with E-state index in [1.54, 1.807) is 18.2 Å². The number of fused-ring (bicyclic) bond motifs is 1. The molecule has 0 fully saturated rings. The number of carbonyl (C=O) groups excluding carboxylic acids is 3. The van der Waals surface area contributed by atoms with Crippen molar-refractivity contribution in [2.24, 2.45) is 0 Å². The lowest BCUT2D eigenvalue weighted by atomic mass is 10.2. The van der Waals surface area contributed by atoms with Crippen LogP contribution in [0.15, 0.2) is 47.4 Å². The van der Waals surface area contributed by atoms with E-state index in [1.165, 1.54) is 38.1 Å². The number of hydrogen-bond donors (Lipinski definition) is 3. The van der Waals surface area contributed by atoms with Gasteiger partial charge in [-0.3, -0.25) is 14.4 Å². The number of hydrogen-bond acceptors (Lipinski definition) is 8. The standard InChI is InChI=1S/C21H23N3O8S/c1-13(24-33(28,29)17-6-3-15(4-7-17)22-14(2)25)21(27)32-12-20(26)23-16-5-8-18-19(11-16)31-10-9-30-18/h3-8,11,13,24H,9-10,12H2,1-2H3,(H,22,25)(H,23,26). The summed E-state index contributed by atoms with van der Waals surface area (Å²) in [7, 11) is -4.04. The smallest absolute Gasteiger partial charge is 0.324 e. The third-order valence-corrected chi connectivity index (χ3v) is 5.90. The van der Waals surface area contributed by atoms with Crippen molar-refractivity contribution < 1.29 is 37.0 Å². The fourth-order valence-corrected chi connectivity index (χ4v) is 4.04. The largest absolute Gasteiger partial charge is 0.486 e. The summed E-state index contributed by atoms with van der Waals surface area (Å²) in [6, 6.07) is 9.01. The van der Waals surface area contributed by atoms with Gasteiger partial charge in [0.05, 0.1) is 4.90 Å². The molecule has 0 aliphatic carbocycles. The van der Waals surface area contributed by atoms with Gasteiger partial charge in [-0.05, 0) is 43.3 Å². The van der Waals surface area contributed by atoms with Crippen LogP contribution in [0.3, 0.4) is 0 Å². The Morgan fingerprint density at radius 3 is 2.27 bits per heavy atom. The predicted octanol–water partition coefficient (Wildman–Crippen LogP) is 1.26. The van der Waals surface area contributed by atoms with Gasteiger partial charge in [0.15, 0.2) is 18.1 Å². The van der Waals surface area contributed by atoms with Gasteiger partial charge in [0.1, 0.15) is 19.3 Å². The Morgan fingerprint density at radius 1 is 0.970 bits per heavy atom. The van der Waals surface area contributed by atoms with Gasteiger partial charge >= 0.3 is 5.97 Å². The van der Waals surface area contributed by atoms with Crippen LogP contribution in [0.5, 0.6) is 11.5 Å². The summed E-state index contributed by atoms with van der Waals surface area (Å²) in [6.07, 6.45) is 0. The second-order valence-electron chi connectivity index (χ2n) is 7.06. The minimum Gasteiger partial charge on any atom is -0.486 e. The summed E-state index contributed by atoms with van der Waals surface area (Å²) < 4.78 is 42.9. The first-order valence-corrected chi connectivity index (χ1v) is 11.4. The average molecular weight is 477 g/mol. The maximum Gasteiger partial charge on any atom is 0.324 e. The Labute approximate surface area is 190 Å². The number of benzene rings is 2. The highest BCUT2D eigenvalue weighted by molar-refractivity contribution is 7.89. The molecule has 3 rings (SSSR count). The van der Waals surface area contributed by atoms with Gasteiger partial charge in [-0.2, -0.15) is 4.72 Å². The fourth-order valence-electron chi connectivity index (χ4n) is 2.85. The monoisotopic (exact) mass is 477 g/mol. The molecule has 0 radical (unpaired) electrons. The van der Waals surface area contributed by atoms with Gasteiger partial charge < -0.3 is 24.8 Å². The van der Waals surface area contributed by atoms with E-state index in [9.17, 15) is 22.8 Å². The number of ether oxygens (including phenoxy) is 3. The zero-order valence-corrected chi connectivity index (χ0v) is 18.7. The van der Waals surface area contributed by atoms with Crippen LogP contribution in [0, 0.1) is 0 Å². The summed E-state index contributed by atoms with van der Waals surface area (Å²) in [5.74, 6) is -0.770. The van der Waals surface area contributed by atoms with Crippen molar-refractivity contribution in [1.29, 1.82) is 0 Å². The van der Waals surface area contributed by atoms with Crippen molar-refractivity contribution >= 4 is 39.2 Å². The van der Waals surface area contributed by atoms with E-state index in [1.807, 2.05) is 0 Å². The molecule has 0 aromatic heterocycles. The van der Waals surface area contributed by atoms with Gasteiger partial charge in [0.2, 0.25) is 15.9 Å². The summed E-state index contributed by atoms with van der Waals surface area (Å²) in [6.45, 7) is 2.86. The van der Waals surface area contributed by atoms with E-state index in [-0.39, 0.29) is 10.8 Å². The molecule has 11 nitrogen and oxygen atoms in total. The Morgan fingerprint density at radius 2 is 1.61 bits per heavy atom. The van der Waals surface area contributed by atoms with Crippen LogP contribution in [-0.4, -0.2) is 52.1 Å². The highest BCUT2D eigenvalue weighted by Crippen LogP contribution is 2.32. The minimum absolute atomic E-state index is 0.104. The summed E-state index contributed by atoms with van der Waals surface area (Å²) in [5.41, 5.74) is 0.856. The predicted molar refractivity (Wildman–Crippen MR) is 118 cm³/mol. The molecule has 0 spiro atoms. The lowest BCUT2D eigenvalue weighted by molar-refractivity contribution is -0.148. The van der Waals surface area contributed by atoms with Crippen molar-refractivity contribution in [3.8, 4) is 11.5 Å². The average Bonchev–Trinajstić information content (AvgIpc) is 2.77. The van der Waals surface area contributed by atoms with Crippen LogP contribution in [0.4, 0.5) is 11.4 Å². The fraction of sp³-hybridized carbons (Fsp3) is 0.286. The van der Waals surface area contributed by atoms with Crippen molar-refractivity contribution in [3.63, 3.8) is 0 Å². The van der Waals surface area contributed by atoms with Gasteiger partial charge in [-0.1, -0.05) is 0 Å². The maximum atomic E-state index is 12.5. The molecule has 12 heteroatoms. The van der Waals surface area contributed by atoms with E-state index in [0.29, 0.717) is 36.1 Å². The van der Waals surface area contributed by atoms with E-state index in [4.69, 9.17) is 14.2 Å². The van der Waals surface area contributed by atoms with Crippen LogP contribution in [0.1, 0.15) is 13.8 Å². The normalized spacial score (nSPS) is 13.5. The molecule has 0 saturated heterocycles. The molecule has 2 aromatic rings. The lowest BCUT2D eigenvalue weighted by Gasteiger charge is -2.19. The van der Waals surface area contributed by atoms with E-state index in [2.05, 4.69) is 15.4 Å². The van der Waals surface area contributed by atoms with Crippen LogP contribution in [0.2, 0.25) is 0 Å². The number of sulfonamides is 1. The lowest BCUT2D eigenvalue weighted by Crippen LogP contribution is -2.40. The molecule has 2 aromatic carbocycles. The number of anilines is 2. The number of carbonyl (C=O) groups is 3. The summed E-state index contributed by atoms with van der Waals surface area (Å²) in [4.78, 5) is 35.2. The molecule has 0 bridgehead atoms. The van der Waals surface area contributed by atoms with Gasteiger partial charge in [-0.25, -0.2) is 8.42 Å². The van der Waals surface area contributed by atoms with Crippen LogP contribution in [0.25, 0.3) is 0 Å². The van der Waals surface area contributed by atoms with Crippen molar-refractivity contribution in [1.82, 2.24) is 4.72 Å². The van der Waals surface area contributed by atoms with E-state index >= 15 is 0 Å². The minimum atomic E-state index is -4.04. The van der Waals surface area contributed by atoms with Crippen LogP contribution in [-0.2, 0) is 29.1 Å². The second kappa shape index (κ2) is 10.3. The number of esters is 1. The quantitative estimate of drug-likeness (QED) is 0.481.